The average Bonchev–Trinajstić information content (AvgIpc) is 2.39. The Kier molecular flexibility index (Phi) is 2.68. The first-order chi connectivity index (χ1) is 6.81. The fraction of sp³-hybridized carbons (Fsp3) is 0.455. The second-order valence-electron chi connectivity index (χ2n) is 3.51. The van der Waals surface area contributed by atoms with Crippen molar-refractivity contribution in [1.82, 2.24) is 5.32 Å². The number of nitrogens with one attached hydrogen (secondary N) is 1. The highest BCUT2D eigenvalue weighted by atomic mass is 19.1. The molecule has 2 nitrogen and oxygen atoms in total. The predicted molar refractivity (Wildman–Crippen MR) is 52.9 cm³/mol. The Balaban J connectivity index is 2.40. The van der Waals surface area contributed by atoms with Gasteiger partial charge in [0, 0.05) is 11.6 Å². The average molecular weight is 195 g/mol. The Bertz CT molecular complexity index is 327. The van der Waals surface area contributed by atoms with Crippen LogP contribution in [0.25, 0.3) is 0 Å². The van der Waals surface area contributed by atoms with Crippen LogP contribution in [0.1, 0.15) is 24.4 Å². The summed E-state index contributed by atoms with van der Waals surface area (Å²) in [5.41, 5.74) is 0.935. The van der Waals surface area contributed by atoms with E-state index in [1.807, 2.05) is 7.05 Å². The molecule has 1 aliphatic heterocycles. The normalized spacial score (nSPS) is 20.9. The molecule has 0 radical (unpaired) electrons. The van der Waals surface area contributed by atoms with Crippen LogP contribution in [-0.2, 0) is 0 Å². The van der Waals surface area contributed by atoms with E-state index in [4.69, 9.17) is 4.74 Å². The molecule has 1 unspecified atom stereocenters. The van der Waals surface area contributed by atoms with Crippen molar-refractivity contribution >= 4 is 0 Å². The van der Waals surface area contributed by atoms with Gasteiger partial charge < -0.3 is 10.1 Å². The first-order valence-electron chi connectivity index (χ1n) is 4.91. The summed E-state index contributed by atoms with van der Waals surface area (Å²) in [6.45, 7) is 0.719. The minimum absolute atomic E-state index is 0.200. The first kappa shape index (κ1) is 9.46. The molecule has 0 aliphatic carbocycles. The van der Waals surface area contributed by atoms with Crippen LogP contribution in [0.4, 0.5) is 4.39 Å². The molecule has 2 rings (SSSR count). The van der Waals surface area contributed by atoms with Crippen molar-refractivity contribution in [3.63, 3.8) is 0 Å². The van der Waals surface area contributed by atoms with E-state index in [-0.39, 0.29) is 11.9 Å². The second kappa shape index (κ2) is 3.96. The fourth-order valence-corrected chi connectivity index (χ4v) is 1.85. The molecule has 1 aromatic rings. The van der Waals surface area contributed by atoms with Gasteiger partial charge in [-0.25, -0.2) is 4.39 Å². The molecule has 0 aromatic heterocycles. The van der Waals surface area contributed by atoms with Crippen LogP contribution < -0.4 is 10.1 Å². The van der Waals surface area contributed by atoms with Gasteiger partial charge in [0.05, 0.1) is 6.61 Å². The lowest BCUT2D eigenvalue weighted by atomic mass is 10.0. The molecular weight excluding hydrogens is 181 g/mol. The van der Waals surface area contributed by atoms with E-state index >= 15 is 0 Å². The van der Waals surface area contributed by atoms with E-state index < -0.39 is 0 Å². The lowest BCUT2D eigenvalue weighted by Crippen LogP contribution is -2.15. The Morgan fingerprint density at radius 3 is 3.14 bits per heavy atom. The van der Waals surface area contributed by atoms with Crippen LogP contribution in [0, 0.1) is 5.82 Å². The van der Waals surface area contributed by atoms with Gasteiger partial charge in [0.1, 0.15) is 11.6 Å². The molecule has 0 saturated heterocycles. The third-order valence-electron chi connectivity index (χ3n) is 2.59. The summed E-state index contributed by atoms with van der Waals surface area (Å²) in [4.78, 5) is 0. The van der Waals surface area contributed by atoms with Crippen LogP contribution >= 0.6 is 0 Å². The summed E-state index contributed by atoms with van der Waals surface area (Å²) in [6.07, 6.45) is 1.99. The van der Waals surface area contributed by atoms with Crippen LogP contribution in [0.3, 0.4) is 0 Å². The summed E-state index contributed by atoms with van der Waals surface area (Å²) in [6, 6.07) is 4.92. The Hall–Kier alpha value is -1.09. The van der Waals surface area contributed by atoms with Crippen molar-refractivity contribution in [1.29, 1.82) is 0 Å². The minimum atomic E-state index is -0.200. The third kappa shape index (κ3) is 1.73. The lowest BCUT2D eigenvalue weighted by Gasteiger charge is -2.15. The maximum absolute atomic E-state index is 13.1. The van der Waals surface area contributed by atoms with E-state index in [1.165, 1.54) is 6.07 Å². The van der Waals surface area contributed by atoms with Crippen molar-refractivity contribution in [3.05, 3.63) is 29.6 Å². The molecule has 76 valence electrons. The predicted octanol–water partition coefficient (Wildman–Crippen LogP) is 2.26. The fourth-order valence-electron chi connectivity index (χ4n) is 1.85. The Morgan fingerprint density at radius 1 is 1.50 bits per heavy atom. The standard InChI is InChI=1S/C11H14FNO/c1-13-10-3-2-6-14-11-5-4-8(12)7-9(10)11/h4-5,7,10,13H,2-3,6H2,1H3. The maximum Gasteiger partial charge on any atom is 0.124 e. The number of ether oxygens (including phenoxy) is 1. The number of hydrogen-bond donors (Lipinski definition) is 1. The molecule has 0 amide bonds. The molecule has 1 atom stereocenters. The third-order valence-corrected chi connectivity index (χ3v) is 2.59. The van der Waals surface area contributed by atoms with Crippen molar-refractivity contribution in [2.24, 2.45) is 0 Å². The molecule has 1 heterocycles. The van der Waals surface area contributed by atoms with E-state index in [0.717, 1.165) is 30.8 Å². The quantitative estimate of drug-likeness (QED) is 0.742. The van der Waals surface area contributed by atoms with Gasteiger partial charge in [0.15, 0.2) is 0 Å². The van der Waals surface area contributed by atoms with Crippen LogP contribution in [0.15, 0.2) is 18.2 Å². The Morgan fingerprint density at radius 2 is 2.36 bits per heavy atom. The number of hydrogen-bond acceptors (Lipinski definition) is 2. The summed E-state index contributed by atoms with van der Waals surface area (Å²) >= 11 is 0. The molecule has 3 heteroatoms. The highest BCUT2D eigenvalue weighted by Gasteiger charge is 2.18. The van der Waals surface area contributed by atoms with Gasteiger partial charge in [-0.05, 0) is 38.1 Å². The highest BCUT2D eigenvalue weighted by molar-refractivity contribution is 5.37. The number of rotatable bonds is 1. The summed E-state index contributed by atoms with van der Waals surface area (Å²) in [5.74, 6) is 0.609. The first-order valence-corrected chi connectivity index (χ1v) is 4.91. The monoisotopic (exact) mass is 195 g/mol. The van der Waals surface area contributed by atoms with Crippen LogP contribution in [0.2, 0.25) is 0 Å². The molecule has 0 fully saturated rings. The zero-order valence-corrected chi connectivity index (χ0v) is 8.22. The van der Waals surface area contributed by atoms with Crippen LogP contribution in [-0.4, -0.2) is 13.7 Å². The molecule has 0 spiro atoms. The zero-order chi connectivity index (χ0) is 9.97. The number of benzene rings is 1. The molecule has 0 bridgehead atoms. The van der Waals surface area contributed by atoms with Gasteiger partial charge in [-0.2, -0.15) is 0 Å². The van der Waals surface area contributed by atoms with Gasteiger partial charge in [0.2, 0.25) is 0 Å². The van der Waals surface area contributed by atoms with Gasteiger partial charge in [0.25, 0.3) is 0 Å². The molecule has 1 aromatic carbocycles. The molecule has 14 heavy (non-hydrogen) atoms. The van der Waals surface area contributed by atoms with Crippen molar-refractivity contribution in [2.75, 3.05) is 13.7 Å². The van der Waals surface area contributed by atoms with E-state index in [2.05, 4.69) is 5.32 Å². The van der Waals surface area contributed by atoms with E-state index in [0.29, 0.717) is 0 Å². The van der Waals surface area contributed by atoms with Gasteiger partial charge >= 0.3 is 0 Å². The molecule has 0 saturated carbocycles. The lowest BCUT2D eigenvalue weighted by molar-refractivity contribution is 0.315. The van der Waals surface area contributed by atoms with E-state index in [1.54, 1.807) is 12.1 Å². The minimum Gasteiger partial charge on any atom is -0.493 e. The summed E-state index contributed by atoms with van der Waals surface area (Å²) < 4.78 is 18.6. The van der Waals surface area contributed by atoms with Crippen molar-refractivity contribution < 1.29 is 9.13 Å². The summed E-state index contributed by atoms with van der Waals surface area (Å²) in [5, 5.41) is 3.18. The highest BCUT2D eigenvalue weighted by Crippen LogP contribution is 2.31. The SMILES string of the molecule is CNC1CCCOc2ccc(F)cc21. The van der Waals surface area contributed by atoms with Gasteiger partial charge in [-0.3, -0.25) is 0 Å². The van der Waals surface area contributed by atoms with Crippen molar-refractivity contribution in [3.8, 4) is 5.75 Å². The number of fused-ring (bicyclic) bond motifs is 1. The zero-order valence-electron chi connectivity index (χ0n) is 8.22. The second-order valence-corrected chi connectivity index (χ2v) is 3.51. The van der Waals surface area contributed by atoms with E-state index in [9.17, 15) is 4.39 Å². The smallest absolute Gasteiger partial charge is 0.124 e. The topological polar surface area (TPSA) is 21.3 Å². The molecule has 1 aliphatic rings. The molecule has 1 N–H and O–H groups in total. The summed E-state index contributed by atoms with van der Waals surface area (Å²) in [7, 11) is 1.89. The number of halogens is 1. The Labute approximate surface area is 83.1 Å². The van der Waals surface area contributed by atoms with Gasteiger partial charge in [-0.1, -0.05) is 0 Å². The van der Waals surface area contributed by atoms with Crippen LogP contribution in [0.5, 0.6) is 5.75 Å². The van der Waals surface area contributed by atoms with Crippen molar-refractivity contribution in [2.45, 2.75) is 18.9 Å². The largest absolute Gasteiger partial charge is 0.493 e. The van der Waals surface area contributed by atoms with Gasteiger partial charge in [-0.15, -0.1) is 0 Å². The maximum atomic E-state index is 13.1. The molecular formula is C11H14FNO.